The van der Waals surface area contributed by atoms with Gasteiger partial charge in [-0.05, 0) is 37.2 Å². The van der Waals surface area contributed by atoms with Crippen LogP contribution in [0.15, 0.2) is 36.4 Å². The van der Waals surface area contributed by atoms with Gasteiger partial charge in [0.1, 0.15) is 17.7 Å². The third-order valence-electron chi connectivity index (χ3n) is 5.09. The fourth-order valence-electron chi connectivity index (χ4n) is 3.55. The summed E-state index contributed by atoms with van der Waals surface area (Å²) >= 11 is 12.0. The number of halogens is 4. The van der Waals surface area contributed by atoms with Gasteiger partial charge in [-0.15, -0.1) is 0 Å². The largest absolute Gasteiger partial charge is 0.480 e. The molecule has 1 N–H and O–H groups in total. The first-order valence-electron chi connectivity index (χ1n) is 8.79. The lowest BCUT2D eigenvalue weighted by Crippen LogP contribution is -2.36. The van der Waals surface area contributed by atoms with E-state index in [4.69, 9.17) is 23.2 Å². The summed E-state index contributed by atoms with van der Waals surface area (Å²) < 4.78 is 27.0. The first-order chi connectivity index (χ1) is 13.2. The molecule has 8 heteroatoms. The molecule has 0 radical (unpaired) electrons. The smallest absolute Gasteiger partial charge is 0.320 e. The molecule has 3 rings (SSSR count). The van der Waals surface area contributed by atoms with Crippen molar-refractivity contribution in [2.45, 2.75) is 31.6 Å². The van der Waals surface area contributed by atoms with E-state index >= 15 is 0 Å². The maximum absolute atomic E-state index is 13.9. The number of carbonyl (C=O) groups is 1. The Kier molecular flexibility index (Phi) is 6.55. The third-order valence-corrected chi connectivity index (χ3v) is 5.83. The predicted octanol–water partition coefficient (Wildman–Crippen LogP) is 4.43. The van der Waals surface area contributed by atoms with Gasteiger partial charge in [0, 0.05) is 37.3 Å². The van der Waals surface area contributed by atoms with E-state index in [1.54, 1.807) is 12.1 Å². The Morgan fingerprint density at radius 1 is 1.21 bits per heavy atom. The van der Waals surface area contributed by atoms with E-state index in [2.05, 4.69) is 0 Å². The SMILES string of the molecule is CN(Cc1ccc(F)cc1F)C1CC(C(=O)O)N(Cc2ccc(Cl)c(Cl)c2)C1. The van der Waals surface area contributed by atoms with Crippen molar-refractivity contribution >= 4 is 29.2 Å². The first-order valence-corrected chi connectivity index (χ1v) is 9.55. The number of rotatable bonds is 6. The standard InChI is InChI=1S/C20H20Cl2F2N2O2/c1-25(10-13-3-4-14(23)7-18(13)24)15-8-19(20(27)28)26(11-15)9-12-2-5-16(21)17(22)6-12/h2-7,15,19H,8-11H2,1H3,(H,27,28). The number of benzene rings is 2. The van der Waals surface area contributed by atoms with Gasteiger partial charge in [-0.3, -0.25) is 14.6 Å². The zero-order valence-corrected chi connectivity index (χ0v) is 16.7. The van der Waals surface area contributed by atoms with Crippen LogP contribution in [-0.2, 0) is 17.9 Å². The van der Waals surface area contributed by atoms with Crippen molar-refractivity contribution in [1.82, 2.24) is 9.80 Å². The molecule has 0 spiro atoms. The molecule has 2 unspecified atom stereocenters. The van der Waals surface area contributed by atoms with Gasteiger partial charge >= 0.3 is 5.97 Å². The van der Waals surface area contributed by atoms with E-state index in [9.17, 15) is 18.7 Å². The highest BCUT2D eigenvalue weighted by atomic mass is 35.5. The van der Waals surface area contributed by atoms with E-state index < -0.39 is 23.6 Å². The van der Waals surface area contributed by atoms with Gasteiger partial charge in [-0.1, -0.05) is 35.3 Å². The maximum atomic E-state index is 13.9. The summed E-state index contributed by atoms with van der Waals surface area (Å²) in [6, 6.07) is 8.00. The van der Waals surface area contributed by atoms with E-state index in [-0.39, 0.29) is 12.6 Å². The Balaban J connectivity index is 1.71. The van der Waals surface area contributed by atoms with Crippen LogP contribution in [-0.4, -0.2) is 46.6 Å². The Bertz CT molecular complexity index is 881. The molecule has 1 aliphatic rings. The average molecular weight is 429 g/mol. The molecule has 1 aliphatic heterocycles. The van der Waals surface area contributed by atoms with Crippen LogP contribution in [0, 0.1) is 11.6 Å². The molecule has 28 heavy (non-hydrogen) atoms. The summed E-state index contributed by atoms with van der Waals surface area (Å²) in [6.07, 6.45) is 0.413. The summed E-state index contributed by atoms with van der Waals surface area (Å²) in [4.78, 5) is 15.5. The zero-order valence-electron chi connectivity index (χ0n) is 15.2. The number of aliphatic carboxylic acids is 1. The molecule has 1 heterocycles. The molecular formula is C20H20Cl2F2N2O2. The molecule has 0 amide bonds. The predicted molar refractivity (Wildman–Crippen MR) is 105 cm³/mol. The monoisotopic (exact) mass is 428 g/mol. The van der Waals surface area contributed by atoms with Crippen LogP contribution in [0.5, 0.6) is 0 Å². The maximum Gasteiger partial charge on any atom is 0.320 e. The molecule has 150 valence electrons. The van der Waals surface area contributed by atoms with Crippen molar-refractivity contribution in [3.63, 3.8) is 0 Å². The second-order valence-corrected chi connectivity index (χ2v) is 7.89. The van der Waals surface area contributed by atoms with Crippen molar-refractivity contribution in [3.8, 4) is 0 Å². The normalized spacial score (nSPS) is 20.1. The highest BCUT2D eigenvalue weighted by molar-refractivity contribution is 6.42. The summed E-state index contributed by atoms with van der Waals surface area (Å²) in [7, 11) is 1.81. The molecule has 4 nitrogen and oxygen atoms in total. The Labute approximate surface area is 172 Å². The van der Waals surface area contributed by atoms with E-state index in [0.717, 1.165) is 11.6 Å². The van der Waals surface area contributed by atoms with Gasteiger partial charge in [0.25, 0.3) is 0 Å². The van der Waals surface area contributed by atoms with Crippen LogP contribution in [0.1, 0.15) is 17.5 Å². The van der Waals surface area contributed by atoms with Crippen molar-refractivity contribution in [2.75, 3.05) is 13.6 Å². The van der Waals surface area contributed by atoms with E-state index in [1.807, 2.05) is 22.9 Å². The lowest BCUT2D eigenvalue weighted by atomic mass is 10.1. The summed E-state index contributed by atoms with van der Waals surface area (Å²) in [5.41, 5.74) is 1.24. The minimum absolute atomic E-state index is 0.0756. The second-order valence-electron chi connectivity index (χ2n) is 7.07. The minimum atomic E-state index is -0.899. The minimum Gasteiger partial charge on any atom is -0.480 e. The summed E-state index contributed by atoms with van der Waals surface area (Å²) in [5.74, 6) is -2.13. The molecule has 0 saturated carbocycles. The number of likely N-dealkylation sites (tertiary alicyclic amines) is 1. The van der Waals surface area contributed by atoms with E-state index in [1.165, 1.54) is 12.1 Å². The number of nitrogens with zero attached hydrogens (tertiary/aromatic N) is 2. The van der Waals surface area contributed by atoms with Gasteiger partial charge in [0.2, 0.25) is 0 Å². The quantitative estimate of drug-likeness (QED) is 0.738. The van der Waals surface area contributed by atoms with Crippen LogP contribution < -0.4 is 0 Å². The molecular weight excluding hydrogens is 409 g/mol. The van der Waals surface area contributed by atoms with Gasteiger partial charge < -0.3 is 5.11 Å². The number of carboxylic acid groups (broad SMARTS) is 1. The molecule has 2 aromatic carbocycles. The van der Waals surface area contributed by atoms with Crippen molar-refractivity contribution in [1.29, 1.82) is 0 Å². The topological polar surface area (TPSA) is 43.8 Å². The summed E-state index contributed by atoms with van der Waals surface area (Å²) in [6.45, 7) is 1.20. The van der Waals surface area contributed by atoms with Crippen LogP contribution in [0.4, 0.5) is 8.78 Å². The zero-order chi connectivity index (χ0) is 20.4. The molecule has 2 atom stereocenters. The van der Waals surface area contributed by atoms with Crippen molar-refractivity contribution < 1.29 is 18.7 Å². The number of hydrogen-bond acceptors (Lipinski definition) is 3. The Hall–Kier alpha value is -1.73. The molecule has 0 aromatic heterocycles. The van der Waals surface area contributed by atoms with Gasteiger partial charge in [-0.25, -0.2) is 8.78 Å². The molecule has 1 saturated heterocycles. The van der Waals surface area contributed by atoms with Crippen molar-refractivity contribution in [3.05, 3.63) is 69.2 Å². The average Bonchev–Trinajstić information content (AvgIpc) is 3.05. The lowest BCUT2D eigenvalue weighted by Gasteiger charge is -2.25. The number of hydrogen-bond donors (Lipinski definition) is 1. The molecule has 2 aromatic rings. The van der Waals surface area contributed by atoms with Gasteiger partial charge in [0.05, 0.1) is 10.0 Å². The highest BCUT2D eigenvalue weighted by Crippen LogP contribution is 2.28. The van der Waals surface area contributed by atoms with Crippen LogP contribution in [0.25, 0.3) is 0 Å². The fraction of sp³-hybridized carbons (Fsp3) is 0.350. The third kappa shape index (κ3) is 4.81. The Morgan fingerprint density at radius 2 is 1.96 bits per heavy atom. The number of carboxylic acids is 1. The van der Waals surface area contributed by atoms with Crippen LogP contribution in [0.3, 0.4) is 0 Å². The van der Waals surface area contributed by atoms with Gasteiger partial charge in [-0.2, -0.15) is 0 Å². The number of likely N-dealkylation sites (N-methyl/N-ethyl adjacent to an activating group) is 1. The molecule has 0 aliphatic carbocycles. The lowest BCUT2D eigenvalue weighted by molar-refractivity contribution is -0.142. The Morgan fingerprint density at radius 3 is 2.61 bits per heavy atom. The highest BCUT2D eigenvalue weighted by Gasteiger charge is 2.38. The fourth-order valence-corrected chi connectivity index (χ4v) is 3.87. The summed E-state index contributed by atoms with van der Waals surface area (Å²) in [5, 5.41) is 10.5. The first kappa shape index (κ1) is 21.0. The second kappa shape index (κ2) is 8.74. The molecule has 0 bridgehead atoms. The van der Waals surface area contributed by atoms with Crippen LogP contribution in [0.2, 0.25) is 10.0 Å². The van der Waals surface area contributed by atoms with Crippen LogP contribution >= 0.6 is 23.2 Å². The van der Waals surface area contributed by atoms with E-state index in [0.29, 0.717) is 35.1 Å². The van der Waals surface area contributed by atoms with Gasteiger partial charge in [0.15, 0.2) is 0 Å². The molecule has 1 fully saturated rings. The van der Waals surface area contributed by atoms with Crippen molar-refractivity contribution in [2.24, 2.45) is 0 Å².